The lowest BCUT2D eigenvalue weighted by atomic mass is 10.1. The van der Waals surface area contributed by atoms with E-state index in [9.17, 15) is 0 Å². The lowest BCUT2D eigenvalue weighted by molar-refractivity contribution is 0.179. The molecule has 1 aromatic carbocycles. The van der Waals surface area contributed by atoms with Crippen LogP contribution < -0.4 is 20.2 Å². The predicted molar refractivity (Wildman–Crippen MR) is 101 cm³/mol. The van der Waals surface area contributed by atoms with Gasteiger partial charge in [-0.25, -0.2) is 0 Å². The summed E-state index contributed by atoms with van der Waals surface area (Å²) < 4.78 is 16.3. The highest BCUT2D eigenvalue weighted by Gasteiger charge is 2.08. The fourth-order valence-corrected chi connectivity index (χ4v) is 2.27. The third-order valence-corrected chi connectivity index (χ3v) is 3.29. The van der Waals surface area contributed by atoms with Crippen molar-refractivity contribution in [3.63, 3.8) is 0 Å². The van der Waals surface area contributed by atoms with Crippen LogP contribution in [0.1, 0.15) is 33.3 Å². The second-order valence-corrected chi connectivity index (χ2v) is 5.57. The Balaban J connectivity index is 2.77. The Hall–Kier alpha value is -1.86. The van der Waals surface area contributed by atoms with Crippen LogP contribution in [0.25, 0.3) is 0 Å². The summed E-state index contributed by atoms with van der Waals surface area (Å²) in [5, 5.41) is 7.85. The van der Waals surface area contributed by atoms with E-state index in [1.165, 1.54) is 0 Å². The molecule has 134 valence electrons. The fourth-order valence-electron chi connectivity index (χ4n) is 2.02. The molecule has 0 saturated heterocycles. The highest BCUT2D eigenvalue weighted by atomic mass is 32.1. The number of hydrazone groups is 1. The molecule has 0 radical (unpaired) electrons. The zero-order valence-electron chi connectivity index (χ0n) is 15.0. The zero-order chi connectivity index (χ0) is 17.9. The third-order valence-electron chi connectivity index (χ3n) is 3.08. The summed E-state index contributed by atoms with van der Waals surface area (Å²) >= 11 is 5.21. The molecular weight excluding hydrogens is 326 g/mol. The monoisotopic (exact) mass is 353 g/mol. The minimum absolute atomic E-state index is 0.112. The summed E-state index contributed by atoms with van der Waals surface area (Å²) in [6.07, 6.45) is 0. The van der Waals surface area contributed by atoms with E-state index in [0.717, 1.165) is 17.0 Å². The number of thiocarbonyl (C=S) groups is 1. The van der Waals surface area contributed by atoms with E-state index >= 15 is 0 Å². The Kier molecular flexibility index (Phi) is 9.11. The fraction of sp³-hybridized carbons (Fsp3) is 0.529. The van der Waals surface area contributed by atoms with E-state index < -0.39 is 0 Å². The SMILES string of the molecule is CCOc1ccc(/C(C)=N\NC(=S)N[C@@H](C)COC)cc1OCC. The molecule has 1 atom stereocenters. The van der Waals surface area contributed by atoms with Crippen LogP contribution in [-0.2, 0) is 4.74 Å². The molecule has 2 N–H and O–H groups in total. The molecule has 0 aliphatic carbocycles. The third kappa shape index (κ3) is 6.72. The smallest absolute Gasteiger partial charge is 0.187 e. The molecular formula is C17H27N3O3S. The van der Waals surface area contributed by atoms with Gasteiger partial charge in [-0.15, -0.1) is 0 Å². The van der Waals surface area contributed by atoms with Gasteiger partial charge in [0.2, 0.25) is 0 Å². The largest absolute Gasteiger partial charge is 0.490 e. The van der Waals surface area contributed by atoms with Gasteiger partial charge in [0.15, 0.2) is 16.6 Å². The summed E-state index contributed by atoms with van der Waals surface area (Å²) in [4.78, 5) is 0. The van der Waals surface area contributed by atoms with E-state index in [2.05, 4.69) is 15.8 Å². The van der Waals surface area contributed by atoms with Crippen molar-refractivity contribution in [3.05, 3.63) is 23.8 Å². The van der Waals surface area contributed by atoms with Crippen LogP contribution >= 0.6 is 12.2 Å². The number of nitrogens with zero attached hydrogens (tertiary/aromatic N) is 1. The van der Waals surface area contributed by atoms with Gasteiger partial charge in [0.25, 0.3) is 0 Å². The molecule has 0 amide bonds. The highest BCUT2D eigenvalue weighted by molar-refractivity contribution is 7.80. The van der Waals surface area contributed by atoms with Gasteiger partial charge in [-0.1, -0.05) is 0 Å². The molecule has 0 unspecified atom stereocenters. The maximum atomic E-state index is 5.63. The maximum absolute atomic E-state index is 5.63. The molecule has 6 nitrogen and oxygen atoms in total. The summed E-state index contributed by atoms with van der Waals surface area (Å²) in [5.74, 6) is 1.44. The summed E-state index contributed by atoms with van der Waals surface area (Å²) in [7, 11) is 1.65. The quantitative estimate of drug-likeness (QED) is 0.404. The van der Waals surface area contributed by atoms with Crippen molar-refractivity contribution < 1.29 is 14.2 Å². The van der Waals surface area contributed by atoms with Crippen molar-refractivity contribution >= 4 is 23.0 Å². The molecule has 1 rings (SSSR count). The molecule has 0 heterocycles. The molecule has 1 aromatic rings. The minimum Gasteiger partial charge on any atom is -0.490 e. The van der Waals surface area contributed by atoms with E-state index in [-0.39, 0.29) is 6.04 Å². The van der Waals surface area contributed by atoms with Crippen molar-refractivity contribution in [1.82, 2.24) is 10.7 Å². The van der Waals surface area contributed by atoms with Crippen LogP contribution in [0.2, 0.25) is 0 Å². The first-order valence-electron chi connectivity index (χ1n) is 8.01. The minimum atomic E-state index is 0.112. The highest BCUT2D eigenvalue weighted by Crippen LogP contribution is 2.28. The topological polar surface area (TPSA) is 64.1 Å². The molecule has 7 heteroatoms. The van der Waals surface area contributed by atoms with Crippen molar-refractivity contribution in [2.75, 3.05) is 26.9 Å². The normalized spacial score (nSPS) is 12.5. The number of methoxy groups -OCH3 is 1. The number of rotatable bonds is 9. The van der Waals surface area contributed by atoms with E-state index in [1.54, 1.807) is 7.11 Å². The van der Waals surface area contributed by atoms with Gasteiger partial charge in [0.05, 0.1) is 25.5 Å². The molecule has 0 aliphatic heterocycles. The summed E-state index contributed by atoms with van der Waals surface area (Å²) in [6, 6.07) is 5.86. The van der Waals surface area contributed by atoms with Gasteiger partial charge >= 0.3 is 0 Å². The second kappa shape index (κ2) is 10.8. The molecule has 0 aromatic heterocycles. The number of hydrogen-bond donors (Lipinski definition) is 2. The van der Waals surface area contributed by atoms with Gasteiger partial charge in [0.1, 0.15) is 0 Å². The van der Waals surface area contributed by atoms with Gasteiger partial charge in [-0.3, -0.25) is 5.43 Å². The molecule has 24 heavy (non-hydrogen) atoms. The molecule has 0 spiro atoms. The van der Waals surface area contributed by atoms with Crippen LogP contribution in [-0.4, -0.2) is 43.8 Å². The number of hydrogen-bond acceptors (Lipinski definition) is 5. The van der Waals surface area contributed by atoms with Crippen molar-refractivity contribution in [2.24, 2.45) is 5.10 Å². The number of benzene rings is 1. The number of ether oxygens (including phenoxy) is 3. The molecule has 0 saturated carbocycles. The van der Waals surface area contributed by atoms with Crippen LogP contribution in [0.3, 0.4) is 0 Å². The van der Waals surface area contributed by atoms with E-state index in [1.807, 2.05) is 45.9 Å². The van der Waals surface area contributed by atoms with Crippen molar-refractivity contribution in [1.29, 1.82) is 0 Å². The first-order chi connectivity index (χ1) is 11.5. The Labute approximate surface area is 149 Å². The van der Waals surface area contributed by atoms with Gasteiger partial charge in [-0.05, 0) is 58.1 Å². The van der Waals surface area contributed by atoms with E-state index in [4.69, 9.17) is 26.4 Å². The Morgan fingerprint density at radius 3 is 2.50 bits per heavy atom. The van der Waals surface area contributed by atoms with Gasteiger partial charge < -0.3 is 19.5 Å². The molecule has 0 bridgehead atoms. The Morgan fingerprint density at radius 2 is 1.88 bits per heavy atom. The number of nitrogens with one attached hydrogen (secondary N) is 2. The van der Waals surface area contributed by atoms with Crippen molar-refractivity contribution in [3.8, 4) is 11.5 Å². The lowest BCUT2D eigenvalue weighted by Gasteiger charge is -2.15. The van der Waals surface area contributed by atoms with E-state index in [0.29, 0.717) is 30.7 Å². The summed E-state index contributed by atoms with van der Waals surface area (Å²) in [5.41, 5.74) is 4.57. The standard InChI is InChI=1S/C17H27N3O3S/c1-6-22-15-9-8-14(10-16(15)23-7-2)13(4)19-20-17(24)18-12(3)11-21-5/h8-10,12H,6-7,11H2,1-5H3,(H2,18,20,24)/b19-13-/t12-/m0/s1. The Morgan fingerprint density at radius 1 is 1.21 bits per heavy atom. The molecule has 0 fully saturated rings. The zero-order valence-corrected chi connectivity index (χ0v) is 15.8. The van der Waals surface area contributed by atoms with Crippen LogP contribution in [0, 0.1) is 0 Å². The average molecular weight is 353 g/mol. The van der Waals surface area contributed by atoms with Crippen LogP contribution in [0.4, 0.5) is 0 Å². The van der Waals surface area contributed by atoms with Crippen LogP contribution in [0.15, 0.2) is 23.3 Å². The molecule has 0 aliphatic rings. The Bertz CT molecular complexity index is 564. The van der Waals surface area contributed by atoms with Gasteiger partial charge in [0, 0.05) is 18.7 Å². The maximum Gasteiger partial charge on any atom is 0.187 e. The lowest BCUT2D eigenvalue weighted by Crippen LogP contribution is -2.40. The van der Waals surface area contributed by atoms with Crippen molar-refractivity contribution in [2.45, 2.75) is 33.7 Å². The first kappa shape index (κ1) is 20.2. The van der Waals surface area contributed by atoms with Gasteiger partial charge in [-0.2, -0.15) is 5.10 Å². The summed E-state index contributed by atoms with van der Waals surface area (Å²) in [6.45, 7) is 9.50. The van der Waals surface area contributed by atoms with Crippen LogP contribution in [0.5, 0.6) is 11.5 Å². The second-order valence-electron chi connectivity index (χ2n) is 5.17. The first-order valence-corrected chi connectivity index (χ1v) is 8.42. The average Bonchev–Trinajstić information content (AvgIpc) is 2.55. The predicted octanol–water partition coefficient (Wildman–Crippen LogP) is 2.71.